The van der Waals surface area contributed by atoms with Crippen LogP contribution in [0.2, 0.25) is 0 Å². The van der Waals surface area contributed by atoms with E-state index in [1.807, 2.05) is 25.1 Å². The third-order valence-corrected chi connectivity index (χ3v) is 3.70. The fraction of sp³-hybridized carbons (Fsp3) is 0.308. The number of carbonyl (C=O) groups is 1. The minimum Gasteiger partial charge on any atom is -0.454 e. The normalized spacial score (nSPS) is 12.4. The summed E-state index contributed by atoms with van der Waals surface area (Å²) < 4.78 is 14.3. The average Bonchev–Trinajstić information content (AvgIpc) is 3.14. The van der Waals surface area contributed by atoms with E-state index in [1.165, 1.54) is 6.20 Å². The highest BCUT2D eigenvalue weighted by atomic mass is 32.1. The lowest BCUT2D eigenvalue weighted by atomic mass is 10.2. The molecule has 1 aliphatic heterocycles. The summed E-state index contributed by atoms with van der Waals surface area (Å²) in [7, 11) is 0. The molecular weight excluding hydrogens is 278 g/mol. The first-order valence-corrected chi connectivity index (χ1v) is 7.00. The second kappa shape index (κ2) is 5.46. The Bertz CT molecular complexity index is 615. The van der Waals surface area contributed by atoms with Gasteiger partial charge in [-0.3, -0.25) is 4.79 Å². The monoisotopic (exact) mass is 291 g/mol. The highest BCUT2D eigenvalue weighted by Crippen LogP contribution is 2.32. The van der Waals surface area contributed by atoms with Crippen LogP contribution in [0.1, 0.15) is 22.2 Å². The van der Waals surface area contributed by atoms with Gasteiger partial charge in [-0.1, -0.05) is 10.6 Å². The predicted molar refractivity (Wildman–Crippen MR) is 72.9 cm³/mol. The number of nitrogens with zero attached hydrogens (tertiary/aromatic N) is 3. The lowest BCUT2D eigenvalue weighted by molar-refractivity contribution is 0.0757. The number of benzene rings is 1. The summed E-state index contributed by atoms with van der Waals surface area (Å²) in [6.45, 7) is 3.33. The Morgan fingerprint density at radius 1 is 1.40 bits per heavy atom. The summed E-state index contributed by atoms with van der Waals surface area (Å²) >= 11 is 1.11. The van der Waals surface area contributed by atoms with Crippen LogP contribution in [0.4, 0.5) is 0 Å². The molecule has 3 rings (SSSR count). The molecule has 104 valence electrons. The fourth-order valence-electron chi connectivity index (χ4n) is 2.00. The molecule has 0 saturated carbocycles. The van der Waals surface area contributed by atoms with Crippen molar-refractivity contribution in [1.82, 2.24) is 14.5 Å². The number of fused-ring (bicyclic) bond motifs is 1. The van der Waals surface area contributed by atoms with Crippen molar-refractivity contribution in [3.05, 3.63) is 34.8 Å². The Balaban J connectivity index is 1.76. The van der Waals surface area contributed by atoms with Gasteiger partial charge in [-0.05, 0) is 36.2 Å². The maximum atomic E-state index is 12.3. The smallest absolute Gasteiger partial charge is 0.267 e. The summed E-state index contributed by atoms with van der Waals surface area (Å²) in [5, 5.41) is 3.70. The van der Waals surface area contributed by atoms with E-state index in [9.17, 15) is 4.79 Å². The van der Waals surface area contributed by atoms with Gasteiger partial charge in [-0.15, -0.1) is 5.10 Å². The standard InChI is InChI=1S/C13H13N3O3S/c1-2-16(13(17)12-6-14-15-20-12)7-9-3-4-10-11(5-9)19-8-18-10/h3-6H,2,7-8H2,1H3. The van der Waals surface area contributed by atoms with Crippen molar-refractivity contribution in [2.45, 2.75) is 13.5 Å². The number of amides is 1. The second-order valence-electron chi connectivity index (χ2n) is 4.29. The SMILES string of the molecule is CCN(Cc1ccc2c(c1)OCO2)C(=O)c1cnns1. The van der Waals surface area contributed by atoms with Gasteiger partial charge in [0, 0.05) is 13.1 Å². The fourth-order valence-corrected chi connectivity index (χ4v) is 2.49. The van der Waals surface area contributed by atoms with Crippen LogP contribution < -0.4 is 9.47 Å². The number of hydrogen-bond donors (Lipinski definition) is 0. The number of carbonyl (C=O) groups excluding carboxylic acids is 1. The van der Waals surface area contributed by atoms with Crippen LogP contribution in [-0.4, -0.2) is 33.7 Å². The first-order chi connectivity index (χ1) is 9.78. The molecule has 1 aliphatic rings. The topological polar surface area (TPSA) is 64.6 Å². The van der Waals surface area contributed by atoms with Crippen LogP contribution in [0.25, 0.3) is 0 Å². The van der Waals surface area contributed by atoms with Gasteiger partial charge < -0.3 is 14.4 Å². The van der Waals surface area contributed by atoms with Gasteiger partial charge in [0.05, 0.1) is 6.20 Å². The largest absolute Gasteiger partial charge is 0.454 e. The molecule has 20 heavy (non-hydrogen) atoms. The molecule has 1 aromatic carbocycles. The molecule has 0 unspecified atom stereocenters. The highest BCUT2D eigenvalue weighted by Gasteiger charge is 2.19. The van der Waals surface area contributed by atoms with Gasteiger partial charge in [0.25, 0.3) is 5.91 Å². The van der Waals surface area contributed by atoms with Crippen molar-refractivity contribution in [3.8, 4) is 11.5 Å². The first-order valence-electron chi connectivity index (χ1n) is 6.23. The van der Waals surface area contributed by atoms with E-state index >= 15 is 0 Å². The van der Waals surface area contributed by atoms with Crippen LogP contribution in [0.3, 0.4) is 0 Å². The predicted octanol–water partition coefficient (Wildman–Crippen LogP) is 1.93. The summed E-state index contributed by atoms with van der Waals surface area (Å²) in [6, 6.07) is 5.71. The van der Waals surface area contributed by atoms with Crippen LogP contribution in [0, 0.1) is 0 Å². The molecule has 6 nitrogen and oxygen atoms in total. The first kappa shape index (κ1) is 12.9. The minimum atomic E-state index is -0.0554. The van der Waals surface area contributed by atoms with Crippen molar-refractivity contribution in [1.29, 1.82) is 0 Å². The summed E-state index contributed by atoms with van der Waals surface area (Å²) in [4.78, 5) is 14.6. The number of rotatable bonds is 4. The van der Waals surface area contributed by atoms with Crippen LogP contribution in [0.5, 0.6) is 11.5 Å². The zero-order chi connectivity index (χ0) is 13.9. The molecular formula is C13H13N3O3S. The molecule has 0 fully saturated rings. The lowest BCUT2D eigenvalue weighted by Gasteiger charge is -2.20. The quantitative estimate of drug-likeness (QED) is 0.861. The Kier molecular flexibility index (Phi) is 3.51. The zero-order valence-corrected chi connectivity index (χ0v) is 11.7. The molecule has 0 aliphatic carbocycles. The number of ether oxygens (including phenoxy) is 2. The molecule has 2 heterocycles. The molecule has 0 atom stereocenters. The maximum Gasteiger partial charge on any atom is 0.267 e. The van der Waals surface area contributed by atoms with Gasteiger partial charge in [-0.2, -0.15) is 0 Å². The van der Waals surface area contributed by atoms with Crippen LogP contribution in [-0.2, 0) is 6.54 Å². The molecule has 0 N–H and O–H groups in total. The molecule has 0 bridgehead atoms. The Hall–Kier alpha value is -2.15. The van der Waals surface area contributed by atoms with Gasteiger partial charge in [0.2, 0.25) is 6.79 Å². The van der Waals surface area contributed by atoms with Crippen LogP contribution >= 0.6 is 11.5 Å². The lowest BCUT2D eigenvalue weighted by Crippen LogP contribution is -2.29. The summed E-state index contributed by atoms with van der Waals surface area (Å²) in [6.07, 6.45) is 1.50. The zero-order valence-electron chi connectivity index (χ0n) is 10.9. The van der Waals surface area contributed by atoms with Crippen molar-refractivity contribution in [3.63, 3.8) is 0 Å². The van der Waals surface area contributed by atoms with E-state index in [0.29, 0.717) is 18.0 Å². The third kappa shape index (κ3) is 2.44. The van der Waals surface area contributed by atoms with Gasteiger partial charge >= 0.3 is 0 Å². The van der Waals surface area contributed by atoms with E-state index in [-0.39, 0.29) is 12.7 Å². The van der Waals surface area contributed by atoms with Crippen molar-refractivity contribution in [2.75, 3.05) is 13.3 Å². The van der Waals surface area contributed by atoms with E-state index in [0.717, 1.165) is 28.6 Å². The molecule has 0 spiro atoms. The number of hydrogen-bond acceptors (Lipinski definition) is 6. The van der Waals surface area contributed by atoms with Gasteiger partial charge in [0.1, 0.15) is 4.88 Å². The number of aromatic nitrogens is 2. The van der Waals surface area contributed by atoms with E-state index in [2.05, 4.69) is 9.59 Å². The molecule has 7 heteroatoms. The van der Waals surface area contributed by atoms with Crippen molar-refractivity contribution >= 4 is 17.4 Å². The Morgan fingerprint density at radius 2 is 2.25 bits per heavy atom. The molecule has 1 amide bonds. The second-order valence-corrected chi connectivity index (χ2v) is 5.07. The molecule has 0 radical (unpaired) electrons. The Morgan fingerprint density at radius 3 is 3.00 bits per heavy atom. The van der Waals surface area contributed by atoms with Crippen LogP contribution in [0.15, 0.2) is 24.4 Å². The molecule has 0 saturated heterocycles. The summed E-state index contributed by atoms with van der Waals surface area (Å²) in [5.74, 6) is 1.42. The van der Waals surface area contributed by atoms with Gasteiger partial charge in [0.15, 0.2) is 11.5 Å². The van der Waals surface area contributed by atoms with E-state index in [4.69, 9.17) is 9.47 Å². The van der Waals surface area contributed by atoms with E-state index in [1.54, 1.807) is 4.90 Å². The average molecular weight is 291 g/mol. The molecule has 1 aromatic heterocycles. The van der Waals surface area contributed by atoms with Crippen molar-refractivity contribution < 1.29 is 14.3 Å². The molecule has 2 aromatic rings. The maximum absolute atomic E-state index is 12.3. The third-order valence-electron chi connectivity index (χ3n) is 3.05. The van der Waals surface area contributed by atoms with Crippen molar-refractivity contribution in [2.24, 2.45) is 0 Å². The van der Waals surface area contributed by atoms with E-state index < -0.39 is 0 Å². The minimum absolute atomic E-state index is 0.0554. The van der Waals surface area contributed by atoms with Gasteiger partial charge in [-0.25, -0.2) is 0 Å². The summed E-state index contributed by atoms with van der Waals surface area (Å²) in [5.41, 5.74) is 1.00. The highest BCUT2D eigenvalue weighted by molar-refractivity contribution is 7.07. The Labute approximate surface area is 120 Å².